The molecule has 0 aliphatic rings. The minimum absolute atomic E-state index is 0.358. The van der Waals surface area contributed by atoms with Gasteiger partial charge in [0.25, 0.3) is 0 Å². The molecule has 1 N–H and O–H groups in total. The Balaban J connectivity index is 2.95. The van der Waals surface area contributed by atoms with Crippen molar-refractivity contribution in [3.63, 3.8) is 0 Å². The van der Waals surface area contributed by atoms with Crippen molar-refractivity contribution in [2.24, 2.45) is 0 Å². The van der Waals surface area contributed by atoms with Gasteiger partial charge in [0.1, 0.15) is 0 Å². The van der Waals surface area contributed by atoms with Crippen LogP contribution in [0.2, 0.25) is 0 Å². The molecule has 1 aromatic rings. The summed E-state index contributed by atoms with van der Waals surface area (Å²) in [6.45, 7) is 9.77. The molecule has 0 saturated heterocycles. The number of hydrogen-bond acceptors (Lipinski definition) is 2. The van der Waals surface area contributed by atoms with E-state index in [4.69, 9.17) is 0 Å². The molecule has 0 heterocycles. The van der Waals surface area contributed by atoms with Gasteiger partial charge in [-0.05, 0) is 32.8 Å². The van der Waals surface area contributed by atoms with Gasteiger partial charge in [0.05, 0.1) is 6.10 Å². The Morgan fingerprint density at radius 2 is 1.79 bits per heavy atom. The molecular formula is C17H29NO. The van der Waals surface area contributed by atoms with E-state index in [2.05, 4.69) is 43.9 Å². The third-order valence-corrected chi connectivity index (χ3v) is 3.62. The van der Waals surface area contributed by atoms with Gasteiger partial charge in [-0.2, -0.15) is 0 Å². The lowest BCUT2D eigenvalue weighted by molar-refractivity contribution is 0.174. The van der Waals surface area contributed by atoms with Gasteiger partial charge < -0.3 is 10.0 Å². The molecule has 0 saturated carbocycles. The maximum atomic E-state index is 10.2. The van der Waals surface area contributed by atoms with Gasteiger partial charge in [-0.15, -0.1) is 0 Å². The number of anilines is 1. The van der Waals surface area contributed by atoms with Crippen LogP contribution in [0.1, 0.15) is 65.0 Å². The van der Waals surface area contributed by atoms with Crippen LogP contribution >= 0.6 is 0 Å². The maximum absolute atomic E-state index is 10.2. The Hall–Kier alpha value is -1.02. The molecule has 108 valence electrons. The van der Waals surface area contributed by atoms with Crippen LogP contribution in [0.15, 0.2) is 24.3 Å². The van der Waals surface area contributed by atoms with Crippen molar-refractivity contribution in [2.75, 3.05) is 11.4 Å². The van der Waals surface area contributed by atoms with Gasteiger partial charge in [-0.3, -0.25) is 0 Å². The van der Waals surface area contributed by atoms with Crippen molar-refractivity contribution >= 4 is 5.69 Å². The lowest BCUT2D eigenvalue weighted by Gasteiger charge is -2.32. The molecule has 0 amide bonds. The fourth-order valence-electron chi connectivity index (χ4n) is 2.44. The summed E-state index contributed by atoms with van der Waals surface area (Å²) < 4.78 is 0. The van der Waals surface area contributed by atoms with Crippen LogP contribution in [-0.4, -0.2) is 17.7 Å². The van der Waals surface area contributed by atoms with Crippen molar-refractivity contribution < 1.29 is 5.11 Å². The summed E-state index contributed by atoms with van der Waals surface area (Å²) in [5.74, 6) is 0. The van der Waals surface area contributed by atoms with Crippen molar-refractivity contribution in [2.45, 2.75) is 65.5 Å². The summed E-state index contributed by atoms with van der Waals surface area (Å²) in [7, 11) is 0. The highest BCUT2D eigenvalue weighted by atomic mass is 16.3. The zero-order chi connectivity index (χ0) is 14.3. The van der Waals surface area contributed by atoms with Gasteiger partial charge in [0.15, 0.2) is 0 Å². The molecule has 0 unspecified atom stereocenters. The van der Waals surface area contributed by atoms with Crippen LogP contribution in [0.5, 0.6) is 0 Å². The van der Waals surface area contributed by atoms with Crippen LogP contribution in [0.25, 0.3) is 0 Å². The Morgan fingerprint density at radius 1 is 1.11 bits per heavy atom. The largest absolute Gasteiger partial charge is 0.388 e. The normalized spacial score (nSPS) is 12.7. The summed E-state index contributed by atoms with van der Waals surface area (Å²) in [4.78, 5) is 2.42. The van der Waals surface area contributed by atoms with E-state index in [0.29, 0.717) is 6.04 Å². The number of aliphatic hydroxyl groups is 1. The first-order chi connectivity index (χ1) is 9.11. The Labute approximate surface area is 118 Å². The predicted molar refractivity (Wildman–Crippen MR) is 83.7 cm³/mol. The number of hydrogen-bond donors (Lipinski definition) is 1. The fourth-order valence-corrected chi connectivity index (χ4v) is 2.44. The molecule has 0 bridgehead atoms. The summed E-state index contributed by atoms with van der Waals surface area (Å²) in [5, 5.41) is 10.2. The van der Waals surface area contributed by atoms with Gasteiger partial charge in [-0.25, -0.2) is 0 Å². The highest BCUT2D eigenvalue weighted by Gasteiger charge is 2.17. The lowest BCUT2D eigenvalue weighted by atomic mass is 10.0. The molecule has 1 rings (SSSR count). The van der Waals surface area contributed by atoms with Crippen LogP contribution in [0.4, 0.5) is 5.69 Å². The average molecular weight is 263 g/mol. The summed E-state index contributed by atoms with van der Waals surface area (Å²) in [6, 6.07) is 8.74. The van der Waals surface area contributed by atoms with E-state index < -0.39 is 0 Å². The standard InChI is InChI=1S/C17H29NO/c1-5-7-10-13-18(14(3)4)16-12-9-8-11-15(16)17(19)6-2/h8-9,11-12,14,17,19H,5-7,10,13H2,1-4H3/t17-/m0/s1. The fraction of sp³-hybridized carbons (Fsp3) is 0.647. The SMILES string of the molecule is CCCCCN(c1ccccc1[C@@H](O)CC)C(C)C. The topological polar surface area (TPSA) is 23.5 Å². The first-order valence-corrected chi connectivity index (χ1v) is 7.65. The van der Waals surface area contributed by atoms with Crippen LogP contribution in [-0.2, 0) is 0 Å². The first kappa shape index (κ1) is 16.0. The molecule has 0 aromatic heterocycles. The monoisotopic (exact) mass is 263 g/mol. The van der Waals surface area contributed by atoms with Gasteiger partial charge >= 0.3 is 0 Å². The molecule has 2 nitrogen and oxygen atoms in total. The van der Waals surface area contributed by atoms with E-state index in [9.17, 15) is 5.11 Å². The van der Waals surface area contributed by atoms with Gasteiger partial charge in [0.2, 0.25) is 0 Å². The van der Waals surface area contributed by atoms with Crippen LogP contribution < -0.4 is 4.90 Å². The van der Waals surface area contributed by atoms with E-state index >= 15 is 0 Å². The summed E-state index contributed by atoms with van der Waals surface area (Å²) >= 11 is 0. The molecule has 0 aliphatic carbocycles. The highest BCUT2D eigenvalue weighted by Crippen LogP contribution is 2.29. The van der Waals surface area contributed by atoms with Crippen LogP contribution in [0.3, 0.4) is 0 Å². The Bertz CT molecular complexity index is 362. The second-order valence-corrected chi connectivity index (χ2v) is 5.48. The second-order valence-electron chi connectivity index (χ2n) is 5.48. The molecule has 1 atom stereocenters. The Morgan fingerprint density at radius 3 is 2.37 bits per heavy atom. The number of unbranched alkanes of at least 4 members (excludes halogenated alkanes) is 2. The molecular weight excluding hydrogens is 234 g/mol. The highest BCUT2D eigenvalue weighted by molar-refractivity contribution is 5.55. The molecule has 2 heteroatoms. The zero-order valence-electron chi connectivity index (χ0n) is 12.9. The quantitative estimate of drug-likeness (QED) is 0.696. The van der Waals surface area contributed by atoms with E-state index in [-0.39, 0.29) is 6.10 Å². The zero-order valence-corrected chi connectivity index (χ0v) is 12.9. The average Bonchev–Trinajstić information content (AvgIpc) is 2.42. The molecule has 1 aromatic carbocycles. The third kappa shape index (κ3) is 4.54. The van der Waals surface area contributed by atoms with Crippen molar-refractivity contribution in [1.29, 1.82) is 0 Å². The maximum Gasteiger partial charge on any atom is 0.0807 e. The van der Waals surface area contributed by atoms with Crippen molar-refractivity contribution in [1.82, 2.24) is 0 Å². The number of para-hydroxylation sites is 1. The van der Waals surface area contributed by atoms with Gasteiger partial charge in [-0.1, -0.05) is 44.9 Å². The third-order valence-electron chi connectivity index (χ3n) is 3.62. The number of aliphatic hydroxyl groups excluding tert-OH is 1. The predicted octanol–water partition coefficient (Wildman–Crippen LogP) is 4.54. The molecule has 19 heavy (non-hydrogen) atoms. The van der Waals surface area contributed by atoms with E-state index in [0.717, 1.165) is 18.5 Å². The number of nitrogens with zero attached hydrogens (tertiary/aromatic N) is 1. The molecule has 0 radical (unpaired) electrons. The minimum Gasteiger partial charge on any atom is -0.388 e. The lowest BCUT2D eigenvalue weighted by Crippen LogP contribution is -2.32. The molecule has 0 aliphatic heterocycles. The van der Waals surface area contributed by atoms with E-state index in [1.54, 1.807) is 0 Å². The van der Waals surface area contributed by atoms with E-state index in [1.807, 2.05) is 13.0 Å². The van der Waals surface area contributed by atoms with Gasteiger partial charge in [0, 0.05) is 23.8 Å². The van der Waals surface area contributed by atoms with E-state index in [1.165, 1.54) is 24.9 Å². The molecule has 0 fully saturated rings. The smallest absolute Gasteiger partial charge is 0.0807 e. The number of rotatable bonds is 8. The molecule has 0 spiro atoms. The van der Waals surface area contributed by atoms with Crippen molar-refractivity contribution in [3.05, 3.63) is 29.8 Å². The minimum atomic E-state index is -0.358. The van der Waals surface area contributed by atoms with Crippen molar-refractivity contribution in [3.8, 4) is 0 Å². The number of benzene rings is 1. The summed E-state index contributed by atoms with van der Waals surface area (Å²) in [6.07, 6.45) is 4.12. The summed E-state index contributed by atoms with van der Waals surface area (Å²) in [5.41, 5.74) is 2.26. The first-order valence-electron chi connectivity index (χ1n) is 7.65. The van der Waals surface area contributed by atoms with Crippen LogP contribution in [0, 0.1) is 0 Å². The second kappa shape index (κ2) is 8.21. The Kier molecular flexibility index (Phi) is 6.93.